The summed E-state index contributed by atoms with van der Waals surface area (Å²) in [4.78, 5) is 4.91. The number of halogens is 1. The van der Waals surface area contributed by atoms with Gasteiger partial charge in [-0.05, 0) is 60.9 Å². The Balaban J connectivity index is 1.40. The van der Waals surface area contributed by atoms with Crippen LogP contribution in [0.5, 0.6) is 0 Å². The lowest BCUT2D eigenvalue weighted by atomic mass is 9.77. The largest absolute Gasteiger partial charge is 0.378 e. The molecular weight excluding hydrogens is 412 g/mol. The number of benzene rings is 3. The zero-order valence-electron chi connectivity index (χ0n) is 16.8. The molecule has 3 aliphatic heterocycles. The minimum Gasteiger partial charge on any atom is -0.378 e. The summed E-state index contributed by atoms with van der Waals surface area (Å²) in [5.41, 5.74) is 6.20. The van der Waals surface area contributed by atoms with Gasteiger partial charge in [-0.3, -0.25) is 0 Å². The predicted molar refractivity (Wildman–Crippen MR) is 124 cm³/mol. The number of nitrogens with zero attached hydrogens (tertiary/aromatic N) is 1. The molecule has 30 heavy (non-hydrogen) atoms. The van der Waals surface area contributed by atoms with Crippen molar-refractivity contribution in [2.75, 3.05) is 23.9 Å². The lowest BCUT2D eigenvalue weighted by Crippen LogP contribution is -2.36. The van der Waals surface area contributed by atoms with Crippen molar-refractivity contribution >= 4 is 40.4 Å². The molecule has 1 fully saturated rings. The molecule has 0 spiro atoms. The van der Waals surface area contributed by atoms with Crippen molar-refractivity contribution in [1.82, 2.24) is 0 Å². The highest BCUT2D eigenvalue weighted by molar-refractivity contribution is 7.99. The van der Waals surface area contributed by atoms with Gasteiger partial charge in [-0.15, -0.1) is 0 Å². The second-order valence-electron chi connectivity index (χ2n) is 8.31. The second kappa shape index (κ2) is 7.23. The number of fused-ring (bicyclic) bond motifs is 5. The van der Waals surface area contributed by atoms with Gasteiger partial charge >= 0.3 is 0 Å². The maximum Gasteiger partial charge on any atom is 0.0896 e. The van der Waals surface area contributed by atoms with Crippen LogP contribution in [0.25, 0.3) is 0 Å². The summed E-state index contributed by atoms with van der Waals surface area (Å²) in [6, 6.07) is 21.9. The van der Waals surface area contributed by atoms with Crippen LogP contribution in [-0.2, 0) is 4.74 Å². The molecule has 5 heteroatoms. The standard InChI is InChI=1S/C25H23ClN2OS/c1-28-20-6-2-3-7-22(20)30-23-13-15(8-11-21(23)28)24-17-5-4-12-29-25(17)18-14-16(26)9-10-19(18)27-24/h2-3,6-11,13-14,17,24-25,27H,4-5,12H2,1H3/t17-,24-,25-/m0/s1. The predicted octanol–water partition coefficient (Wildman–Crippen LogP) is 7.21. The average molecular weight is 435 g/mol. The Morgan fingerprint density at radius 1 is 1.03 bits per heavy atom. The molecule has 3 heterocycles. The van der Waals surface area contributed by atoms with Crippen LogP contribution in [0.1, 0.15) is 36.1 Å². The summed E-state index contributed by atoms with van der Waals surface area (Å²) in [5.74, 6) is 0.404. The van der Waals surface area contributed by atoms with Gasteiger partial charge in [-0.1, -0.05) is 41.6 Å². The zero-order valence-corrected chi connectivity index (χ0v) is 18.3. The van der Waals surface area contributed by atoms with Crippen LogP contribution in [0.15, 0.2) is 70.5 Å². The van der Waals surface area contributed by atoms with Crippen LogP contribution < -0.4 is 10.2 Å². The third-order valence-corrected chi connectivity index (χ3v) is 7.93. The molecule has 0 aliphatic carbocycles. The number of ether oxygens (including phenoxy) is 1. The van der Waals surface area contributed by atoms with Crippen molar-refractivity contribution in [2.24, 2.45) is 5.92 Å². The Kier molecular flexibility index (Phi) is 4.48. The fourth-order valence-corrected chi connectivity index (χ4v) is 6.50. The maximum atomic E-state index is 6.30. The van der Waals surface area contributed by atoms with Gasteiger partial charge in [0.05, 0.1) is 23.5 Å². The van der Waals surface area contributed by atoms with Gasteiger partial charge < -0.3 is 15.0 Å². The van der Waals surface area contributed by atoms with E-state index < -0.39 is 0 Å². The van der Waals surface area contributed by atoms with Crippen LogP contribution in [-0.4, -0.2) is 13.7 Å². The molecule has 0 amide bonds. The van der Waals surface area contributed by atoms with Crippen LogP contribution in [0.2, 0.25) is 5.02 Å². The molecule has 3 atom stereocenters. The van der Waals surface area contributed by atoms with E-state index in [4.69, 9.17) is 16.3 Å². The van der Waals surface area contributed by atoms with Gasteiger partial charge in [0.25, 0.3) is 0 Å². The quantitative estimate of drug-likeness (QED) is 0.437. The number of rotatable bonds is 1. The third kappa shape index (κ3) is 2.93. The topological polar surface area (TPSA) is 24.5 Å². The molecule has 3 aromatic rings. The number of anilines is 3. The van der Waals surface area contributed by atoms with E-state index in [0.29, 0.717) is 5.92 Å². The summed E-state index contributed by atoms with van der Waals surface area (Å²) in [5, 5.41) is 4.59. The zero-order chi connectivity index (χ0) is 20.2. The Hall–Kier alpha value is -2.14. The Bertz CT molecular complexity index is 1130. The number of nitrogens with one attached hydrogen (secondary N) is 1. The normalized spacial score (nSPS) is 24.2. The van der Waals surface area contributed by atoms with Crippen molar-refractivity contribution in [3.05, 3.63) is 76.8 Å². The highest BCUT2D eigenvalue weighted by atomic mass is 35.5. The SMILES string of the molecule is CN1c2ccccc2Sc2cc([C@@H]3Nc4ccc(Cl)cc4[C@H]4OCCC[C@H]43)ccc21. The van der Waals surface area contributed by atoms with Crippen LogP contribution in [0.4, 0.5) is 17.1 Å². The molecule has 0 saturated carbocycles. The molecule has 0 radical (unpaired) electrons. The van der Waals surface area contributed by atoms with Crippen LogP contribution in [0, 0.1) is 5.92 Å². The lowest BCUT2D eigenvalue weighted by Gasteiger charge is -2.43. The smallest absolute Gasteiger partial charge is 0.0896 e. The molecule has 3 aliphatic rings. The van der Waals surface area contributed by atoms with Gasteiger partial charge in [0, 0.05) is 45.6 Å². The minimum absolute atomic E-state index is 0.103. The van der Waals surface area contributed by atoms with Crippen molar-refractivity contribution < 1.29 is 4.74 Å². The van der Waals surface area contributed by atoms with E-state index in [2.05, 4.69) is 71.9 Å². The van der Waals surface area contributed by atoms with Gasteiger partial charge in [-0.25, -0.2) is 0 Å². The van der Waals surface area contributed by atoms with Gasteiger partial charge in [0.2, 0.25) is 0 Å². The molecule has 0 bridgehead atoms. The van der Waals surface area contributed by atoms with Crippen molar-refractivity contribution in [3.63, 3.8) is 0 Å². The summed E-state index contributed by atoms with van der Waals surface area (Å²) in [6.45, 7) is 0.821. The second-order valence-corrected chi connectivity index (χ2v) is 9.83. The Morgan fingerprint density at radius 3 is 2.83 bits per heavy atom. The van der Waals surface area contributed by atoms with E-state index >= 15 is 0 Å². The fourth-order valence-electron chi connectivity index (χ4n) is 5.12. The first-order valence-corrected chi connectivity index (χ1v) is 11.7. The van der Waals surface area contributed by atoms with Gasteiger partial charge in [0.15, 0.2) is 0 Å². The van der Waals surface area contributed by atoms with E-state index in [0.717, 1.165) is 30.2 Å². The molecule has 3 aromatic carbocycles. The van der Waals surface area contributed by atoms with Crippen molar-refractivity contribution in [1.29, 1.82) is 0 Å². The minimum atomic E-state index is 0.103. The Labute approximate surface area is 186 Å². The molecule has 1 N–H and O–H groups in total. The van der Waals surface area contributed by atoms with E-state index in [1.807, 2.05) is 17.8 Å². The maximum absolute atomic E-state index is 6.30. The number of hydrogen-bond acceptors (Lipinski definition) is 4. The number of para-hydroxylation sites is 1. The summed E-state index contributed by atoms with van der Waals surface area (Å²) in [7, 11) is 2.15. The molecule has 152 valence electrons. The summed E-state index contributed by atoms with van der Waals surface area (Å²) in [6.07, 6.45) is 2.36. The monoisotopic (exact) mass is 434 g/mol. The highest BCUT2D eigenvalue weighted by Gasteiger charge is 2.40. The first kappa shape index (κ1) is 18.6. The lowest BCUT2D eigenvalue weighted by molar-refractivity contribution is -0.0381. The fraction of sp³-hybridized carbons (Fsp3) is 0.280. The van der Waals surface area contributed by atoms with E-state index in [9.17, 15) is 0 Å². The molecule has 6 rings (SSSR count). The van der Waals surface area contributed by atoms with E-state index in [-0.39, 0.29) is 12.1 Å². The van der Waals surface area contributed by atoms with Crippen LogP contribution >= 0.6 is 23.4 Å². The molecular formula is C25H23ClN2OS. The highest BCUT2D eigenvalue weighted by Crippen LogP contribution is 2.52. The van der Waals surface area contributed by atoms with Gasteiger partial charge in [0.1, 0.15) is 0 Å². The summed E-state index contributed by atoms with van der Waals surface area (Å²) >= 11 is 8.17. The van der Waals surface area contributed by atoms with Gasteiger partial charge in [-0.2, -0.15) is 0 Å². The summed E-state index contributed by atoms with van der Waals surface area (Å²) < 4.78 is 6.28. The number of hydrogen-bond donors (Lipinski definition) is 1. The molecule has 3 nitrogen and oxygen atoms in total. The van der Waals surface area contributed by atoms with Crippen molar-refractivity contribution in [2.45, 2.75) is 34.8 Å². The average Bonchev–Trinajstić information content (AvgIpc) is 2.78. The van der Waals surface area contributed by atoms with Crippen molar-refractivity contribution in [3.8, 4) is 0 Å². The first-order valence-electron chi connectivity index (χ1n) is 10.5. The van der Waals surface area contributed by atoms with Crippen LogP contribution in [0.3, 0.4) is 0 Å². The molecule has 1 saturated heterocycles. The van der Waals surface area contributed by atoms with E-state index in [1.165, 1.54) is 32.3 Å². The van der Waals surface area contributed by atoms with E-state index in [1.54, 1.807) is 0 Å². The Morgan fingerprint density at radius 2 is 1.90 bits per heavy atom. The molecule has 0 aromatic heterocycles. The first-order chi connectivity index (χ1) is 14.7. The molecule has 0 unspecified atom stereocenters. The third-order valence-electron chi connectivity index (χ3n) is 6.58.